The first-order chi connectivity index (χ1) is 11.6. The summed E-state index contributed by atoms with van der Waals surface area (Å²) in [4.78, 5) is 4.18. The van der Waals surface area contributed by atoms with Gasteiger partial charge >= 0.3 is 0 Å². The van der Waals surface area contributed by atoms with Gasteiger partial charge in [-0.2, -0.15) is 0 Å². The molecule has 0 unspecified atom stereocenters. The largest absolute Gasteiger partial charge is 0.265 e. The van der Waals surface area contributed by atoms with Crippen LogP contribution >= 0.6 is 0 Å². The molecule has 4 nitrogen and oxygen atoms in total. The van der Waals surface area contributed by atoms with Crippen molar-refractivity contribution in [3.05, 3.63) is 90.4 Å². The van der Waals surface area contributed by atoms with E-state index in [0.29, 0.717) is 5.82 Å². The van der Waals surface area contributed by atoms with Crippen molar-refractivity contribution in [3.63, 3.8) is 0 Å². The van der Waals surface area contributed by atoms with E-state index in [0.717, 1.165) is 17.7 Å². The quantitative estimate of drug-likeness (QED) is 0.712. The fraction of sp³-hybridized carbons (Fsp3) is 0.0556. The average Bonchev–Trinajstić information content (AvgIpc) is 2.61. The third-order valence-corrected chi connectivity index (χ3v) is 5.24. The van der Waals surface area contributed by atoms with E-state index in [-0.39, 0.29) is 11.4 Å². The first kappa shape index (κ1) is 16.1. The molecule has 0 spiro atoms. The van der Waals surface area contributed by atoms with Crippen molar-refractivity contribution in [3.8, 4) is 0 Å². The number of aromatic nitrogens is 1. The van der Waals surface area contributed by atoms with E-state index >= 15 is 0 Å². The van der Waals surface area contributed by atoms with Crippen molar-refractivity contribution in [2.75, 3.05) is 4.31 Å². The molecule has 0 N–H and O–H groups in total. The lowest BCUT2D eigenvalue weighted by molar-refractivity contribution is 0.588. The van der Waals surface area contributed by atoms with Crippen LogP contribution in [0.3, 0.4) is 0 Å². The molecule has 1 aromatic heterocycles. The van der Waals surface area contributed by atoms with Crippen molar-refractivity contribution >= 4 is 15.8 Å². The molecule has 0 fully saturated rings. The van der Waals surface area contributed by atoms with Crippen LogP contribution in [-0.4, -0.2) is 13.4 Å². The highest BCUT2D eigenvalue weighted by Crippen LogP contribution is 2.24. The molecule has 0 aliphatic rings. The Hall–Kier alpha value is -2.73. The molecule has 2 aromatic carbocycles. The monoisotopic (exact) mass is 342 g/mol. The number of sulfonamides is 1. The molecule has 0 aliphatic heterocycles. The summed E-state index contributed by atoms with van der Waals surface area (Å²) < 4.78 is 40.4. The molecular formula is C18H15FN2O2S. The zero-order valence-corrected chi connectivity index (χ0v) is 13.5. The summed E-state index contributed by atoms with van der Waals surface area (Å²) in [5, 5.41) is 0. The highest BCUT2D eigenvalue weighted by molar-refractivity contribution is 7.92. The summed E-state index contributed by atoms with van der Waals surface area (Å²) in [7, 11) is -3.86. The maximum atomic E-state index is 13.1. The molecule has 0 aliphatic carbocycles. The second-order valence-corrected chi connectivity index (χ2v) is 7.00. The van der Waals surface area contributed by atoms with Crippen LogP contribution in [0.1, 0.15) is 5.56 Å². The number of halogens is 1. The second-order valence-electron chi connectivity index (χ2n) is 5.14. The molecular weight excluding hydrogens is 327 g/mol. The van der Waals surface area contributed by atoms with Gasteiger partial charge < -0.3 is 0 Å². The summed E-state index contributed by atoms with van der Waals surface area (Å²) in [6.45, 7) is 0.136. The number of nitrogens with zero attached hydrogens (tertiary/aromatic N) is 2. The fourth-order valence-electron chi connectivity index (χ4n) is 2.27. The van der Waals surface area contributed by atoms with Crippen LogP contribution < -0.4 is 4.31 Å². The van der Waals surface area contributed by atoms with Crippen LogP contribution in [0.4, 0.5) is 10.2 Å². The van der Waals surface area contributed by atoms with Gasteiger partial charge in [0.25, 0.3) is 10.0 Å². The predicted octanol–water partition coefficient (Wildman–Crippen LogP) is 3.62. The molecule has 24 heavy (non-hydrogen) atoms. The van der Waals surface area contributed by atoms with Crippen molar-refractivity contribution < 1.29 is 12.8 Å². The van der Waals surface area contributed by atoms with Gasteiger partial charge in [-0.1, -0.05) is 36.4 Å². The predicted molar refractivity (Wildman–Crippen MR) is 90.4 cm³/mol. The van der Waals surface area contributed by atoms with Crippen LogP contribution in [0.5, 0.6) is 0 Å². The Bertz CT molecular complexity index is 899. The Kier molecular flexibility index (Phi) is 4.57. The molecule has 0 atom stereocenters. The Morgan fingerprint density at radius 1 is 0.875 bits per heavy atom. The van der Waals surface area contributed by atoms with Gasteiger partial charge in [0.2, 0.25) is 0 Å². The number of rotatable bonds is 5. The van der Waals surface area contributed by atoms with Crippen LogP contribution in [-0.2, 0) is 16.6 Å². The van der Waals surface area contributed by atoms with Gasteiger partial charge in [0.1, 0.15) is 11.6 Å². The summed E-state index contributed by atoms with van der Waals surface area (Å²) >= 11 is 0. The summed E-state index contributed by atoms with van der Waals surface area (Å²) in [6.07, 6.45) is 1.54. The summed E-state index contributed by atoms with van der Waals surface area (Å²) in [5.41, 5.74) is 0.828. The highest BCUT2D eigenvalue weighted by Gasteiger charge is 2.26. The first-order valence-corrected chi connectivity index (χ1v) is 8.74. The van der Waals surface area contributed by atoms with Gasteiger partial charge in [-0.3, -0.25) is 0 Å². The van der Waals surface area contributed by atoms with E-state index in [9.17, 15) is 12.8 Å². The van der Waals surface area contributed by atoms with Gasteiger partial charge in [-0.05, 0) is 42.0 Å². The average molecular weight is 342 g/mol. The fourth-order valence-corrected chi connectivity index (χ4v) is 3.68. The Balaban J connectivity index is 2.05. The van der Waals surface area contributed by atoms with Crippen LogP contribution in [0.2, 0.25) is 0 Å². The number of hydrogen-bond acceptors (Lipinski definition) is 3. The molecule has 0 saturated carbocycles. The van der Waals surface area contributed by atoms with Gasteiger partial charge in [0.15, 0.2) is 0 Å². The van der Waals surface area contributed by atoms with Crippen LogP contribution in [0, 0.1) is 5.82 Å². The molecule has 3 rings (SSSR count). The lowest BCUT2D eigenvalue weighted by Gasteiger charge is -2.23. The summed E-state index contributed by atoms with van der Waals surface area (Å²) in [6, 6.07) is 19.1. The number of benzene rings is 2. The van der Waals surface area contributed by atoms with E-state index in [4.69, 9.17) is 0 Å². The Morgan fingerprint density at radius 2 is 1.54 bits per heavy atom. The Morgan fingerprint density at radius 3 is 2.17 bits per heavy atom. The lowest BCUT2D eigenvalue weighted by Crippen LogP contribution is -2.31. The van der Waals surface area contributed by atoms with Crippen LogP contribution in [0.25, 0.3) is 0 Å². The minimum absolute atomic E-state index is 0.0190. The zero-order valence-electron chi connectivity index (χ0n) is 12.7. The minimum Gasteiger partial charge on any atom is -0.245 e. The molecule has 3 aromatic rings. The maximum Gasteiger partial charge on any atom is 0.265 e. The highest BCUT2D eigenvalue weighted by atomic mass is 32.2. The van der Waals surface area contributed by atoms with Crippen molar-refractivity contribution in [2.45, 2.75) is 11.4 Å². The second kappa shape index (κ2) is 6.80. The standard InChI is InChI=1S/C18H15FN2O2S/c19-16-9-11-17(12-10-16)24(22,23)21(18-8-4-5-13-20-18)14-15-6-2-1-3-7-15/h1-13H,14H2. The van der Waals surface area contributed by atoms with Gasteiger partial charge in [0.05, 0.1) is 11.4 Å². The molecule has 0 radical (unpaired) electrons. The zero-order chi connectivity index (χ0) is 17.0. The molecule has 1 heterocycles. The van der Waals surface area contributed by atoms with Gasteiger partial charge in [0, 0.05) is 6.20 Å². The number of anilines is 1. The maximum absolute atomic E-state index is 13.1. The molecule has 122 valence electrons. The molecule has 0 saturated heterocycles. The van der Waals surface area contributed by atoms with Crippen LogP contribution in [0.15, 0.2) is 83.9 Å². The Labute approximate surface area is 140 Å². The lowest BCUT2D eigenvalue weighted by atomic mass is 10.2. The van der Waals surface area contributed by atoms with E-state index in [2.05, 4.69) is 4.98 Å². The number of hydrogen-bond donors (Lipinski definition) is 0. The van der Waals surface area contributed by atoms with E-state index in [1.807, 2.05) is 30.3 Å². The third kappa shape index (κ3) is 3.44. The van der Waals surface area contributed by atoms with Crippen molar-refractivity contribution in [1.29, 1.82) is 0 Å². The minimum atomic E-state index is -3.86. The molecule has 0 bridgehead atoms. The van der Waals surface area contributed by atoms with Gasteiger partial charge in [-0.25, -0.2) is 22.1 Å². The molecule has 0 amide bonds. The number of pyridine rings is 1. The van der Waals surface area contributed by atoms with E-state index in [1.54, 1.807) is 18.2 Å². The van der Waals surface area contributed by atoms with Crippen molar-refractivity contribution in [1.82, 2.24) is 4.98 Å². The topological polar surface area (TPSA) is 50.3 Å². The van der Waals surface area contributed by atoms with E-state index < -0.39 is 15.8 Å². The summed E-state index contributed by atoms with van der Waals surface area (Å²) in [5.74, 6) is -0.174. The normalized spacial score (nSPS) is 11.2. The SMILES string of the molecule is O=S(=O)(c1ccc(F)cc1)N(Cc1ccccc1)c1ccccn1. The first-order valence-electron chi connectivity index (χ1n) is 7.30. The molecule has 6 heteroatoms. The van der Waals surface area contributed by atoms with E-state index in [1.165, 1.54) is 22.6 Å². The van der Waals surface area contributed by atoms with Gasteiger partial charge in [-0.15, -0.1) is 0 Å². The third-order valence-electron chi connectivity index (χ3n) is 3.48. The smallest absolute Gasteiger partial charge is 0.245 e. The van der Waals surface area contributed by atoms with Crippen molar-refractivity contribution in [2.24, 2.45) is 0 Å².